The molecule has 0 amide bonds. The second-order valence-electron chi connectivity index (χ2n) is 4.16. The molecule has 1 heterocycles. The van der Waals surface area contributed by atoms with Crippen LogP contribution in [0.25, 0.3) is 0 Å². The maximum atomic E-state index is 10.8. The number of imidazole rings is 1. The fourth-order valence-electron chi connectivity index (χ4n) is 1.17. The van der Waals surface area contributed by atoms with Gasteiger partial charge in [-0.25, -0.2) is 4.98 Å². The number of hydrogen-bond acceptors (Lipinski definition) is 4. The van der Waals surface area contributed by atoms with E-state index >= 15 is 0 Å². The lowest BCUT2D eigenvalue weighted by Gasteiger charge is -2.27. The Morgan fingerprint density at radius 2 is 2.38 bits per heavy atom. The predicted molar refractivity (Wildman–Crippen MR) is 64.2 cm³/mol. The van der Waals surface area contributed by atoms with Crippen LogP contribution in [0, 0.1) is 0 Å². The van der Waals surface area contributed by atoms with Crippen LogP contribution in [-0.2, 0) is 17.6 Å². The van der Waals surface area contributed by atoms with Gasteiger partial charge in [-0.15, -0.1) is 11.8 Å². The van der Waals surface area contributed by atoms with E-state index in [-0.39, 0.29) is 0 Å². The smallest absolute Gasteiger partial charge is 0.321 e. The molecule has 90 valence electrons. The number of aromatic nitrogens is 2. The molecule has 0 aliphatic heterocycles. The molecule has 0 fully saturated rings. The van der Waals surface area contributed by atoms with E-state index in [9.17, 15) is 4.79 Å². The molecule has 0 radical (unpaired) electrons. The van der Waals surface area contributed by atoms with Crippen molar-refractivity contribution >= 4 is 17.7 Å². The minimum absolute atomic E-state index is 0.516. The van der Waals surface area contributed by atoms with Crippen LogP contribution in [-0.4, -0.2) is 31.4 Å². The van der Waals surface area contributed by atoms with Crippen LogP contribution in [0.5, 0.6) is 0 Å². The molecule has 1 rings (SSSR count). The number of carboxylic acids is 1. The van der Waals surface area contributed by atoms with Crippen molar-refractivity contribution in [3.63, 3.8) is 0 Å². The summed E-state index contributed by atoms with van der Waals surface area (Å²) in [5.74, 6) is 0.588. The van der Waals surface area contributed by atoms with Crippen molar-refractivity contribution in [1.82, 2.24) is 9.55 Å². The first-order valence-corrected chi connectivity index (χ1v) is 5.91. The van der Waals surface area contributed by atoms with Crippen molar-refractivity contribution in [2.45, 2.75) is 30.4 Å². The number of carbonyl (C=O) groups is 1. The number of thioether (sulfide) groups is 1. The zero-order valence-corrected chi connectivity index (χ0v) is 10.5. The van der Waals surface area contributed by atoms with E-state index in [2.05, 4.69) is 4.98 Å². The summed E-state index contributed by atoms with van der Waals surface area (Å²) in [4.78, 5) is 15.0. The number of nitrogens with two attached hydrogens (primary N) is 1. The van der Waals surface area contributed by atoms with Crippen molar-refractivity contribution in [2.24, 2.45) is 12.8 Å². The molecule has 6 heteroatoms. The van der Waals surface area contributed by atoms with Gasteiger partial charge in [-0.1, -0.05) is 0 Å². The predicted octanol–water partition coefficient (Wildman–Crippen LogP) is 0.844. The van der Waals surface area contributed by atoms with Gasteiger partial charge in [0.05, 0.1) is 5.75 Å². The first kappa shape index (κ1) is 13.1. The molecule has 3 N–H and O–H groups in total. The second kappa shape index (κ2) is 4.88. The van der Waals surface area contributed by atoms with Gasteiger partial charge in [0.15, 0.2) is 0 Å². The first-order chi connectivity index (χ1) is 7.34. The summed E-state index contributed by atoms with van der Waals surface area (Å²) >= 11 is 1.50. The van der Waals surface area contributed by atoms with E-state index in [1.165, 1.54) is 11.8 Å². The van der Waals surface area contributed by atoms with Crippen LogP contribution < -0.4 is 5.73 Å². The van der Waals surface area contributed by atoms with Gasteiger partial charge in [0.1, 0.15) is 11.9 Å². The maximum Gasteiger partial charge on any atom is 0.321 e. The third-order valence-electron chi connectivity index (χ3n) is 2.51. The van der Waals surface area contributed by atoms with Gasteiger partial charge in [0, 0.05) is 24.2 Å². The molecule has 0 aromatic carbocycles. The van der Waals surface area contributed by atoms with E-state index in [0.29, 0.717) is 5.75 Å². The van der Waals surface area contributed by atoms with E-state index in [0.717, 1.165) is 5.82 Å². The molecule has 16 heavy (non-hydrogen) atoms. The third kappa shape index (κ3) is 2.99. The molecule has 0 saturated carbocycles. The molecule has 1 atom stereocenters. The quantitative estimate of drug-likeness (QED) is 0.801. The largest absolute Gasteiger partial charge is 0.480 e. The van der Waals surface area contributed by atoms with Crippen LogP contribution in [0.1, 0.15) is 19.7 Å². The monoisotopic (exact) mass is 243 g/mol. The Labute approximate surface area is 99.0 Å². The van der Waals surface area contributed by atoms with Gasteiger partial charge in [0.2, 0.25) is 0 Å². The average Bonchev–Trinajstić information content (AvgIpc) is 2.60. The van der Waals surface area contributed by atoms with Crippen LogP contribution in [0.2, 0.25) is 0 Å². The highest BCUT2D eigenvalue weighted by atomic mass is 32.2. The molecule has 1 aromatic heterocycles. The summed E-state index contributed by atoms with van der Waals surface area (Å²) < 4.78 is 1.40. The van der Waals surface area contributed by atoms with E-state index in [1.54, 1.807) is 6.20 Å². The summed E-state index contributed by atoms with van der Waals surface area (Å²) in [6, 6.07) is -0.877. The van der Waals surface area contributed by atoms with Crippen molar-refractivity contribution in [1.29, 1.82) is 0 Å². The van der Waals surface area contributed by atoms with Crippen LogP contribution in [0.3, 0.4) is 0 Å². The molecule has 0 saturated heterocycles. The Bertz CT molecular complexity index is 376. The standard InChI is InChI=1S/C10H17N3O2S/c1-10(2,8(11)9(14)15)16-6-7-12-4-5-13(7)3/h4-5,8H,6,11H2,1-3H3,(H,14,15)/t8-/m0/s1. The van der Waals surface area contributed by atoms with E-state index < -0.39 is 16.8 Å². The van der Waals surface area contributed by atoms with Crippen molar-refractivity contribution in [2.75, 3.05) is 0 Å². The van der Waals surface area contributed by atoms with Crippen molar-refractivity contribution < 1.29 is 9.90 Å². The summed E-state index contributed by atoms with van der Waals surface area (Å²) in [6.45, 7) is 3.67. The van der Waals surface area contributed by atoms with E-state index in [1.807, 2.05) is 31.7 Å². The zero-order valence-electron chi connectivity index (χ0n) is 9.67. The minimum Gasteiger partial charge on any atom is -0.480 e. The number of hydrogen-bond donors (Lipinski definition) is 2. The Morgan fingerprint density at radius 1 is 1.75 bits per heavy atom. The topological polar surface area (TPSA) is 81.1 Å². The Kier molecular flexibility index (Phi) is 3.98. The first-order valence-electron chi connectivity index (χ1n) is 4.93. The maximum absolute atomic E-state index is 10.8. The highest BCUT2D eigenvalue weighted by Gasteiger charge is 2.32. The third-order valence-corrected chi connectivity index (χ3v) is 3.91. The molecule has 0 aliphatic carbocycles. The Morgan fingerprint density at radius 3 is 2.81 bits per heavy atom. The average molecular weight is 243 g/mol. The highest BCUT2D eigenvalue weighted by Crippen LogP contribution is 2.30. The van der Waals surface area contributed by atoms with Crippen molar-refractivity contribution in [3.05, 3.63) is 18.2 Å². The van der Waals surface area contributed by atoms with Gasteiger partial charge < -0.3 is 15.4 Å². The van der Waals surface area contributed by atoms with Gasteiger partial charge >= 0.3 is 5.97 Å². The Hall–Kier alpha value is -1.01. The van der Waals surface area contributed by atoms with E-state index in [4.69, 9.17) is 10.8 Å². The Balaban J connectivity index is 2.61. The van der Waals surface area contributed by atoms with Crippen LogP contribution in [0.4, 0.5) is 0 Å². The second-order valence-corrected chi connectivity index (χ2v) is 5.79. The van der Waals surface area contributed by atoms with Gasteiger partial charge in [-0.3, -0.25) is 4.79 Å². The van der Waals surface area contributed by atoms with Gasteiger partial charge in [-0.05, 0) is 13.8 Å². The molecule has 0 spiro atoms. The lowest BCUT2D eigenvalue weighted by Crippen LogP contribution is -2.46. The molecular formula is C10H17N3O2S. The lowest BCUT2D eigenvalue weighted by molar-refractivity contribution is -0.139. The number of rotatable bonds is 5. The van der Waals surface area contributed by atoms with Gasteiger partial charge in [0.25, 0.3) is 0 Å². The van der Waals surface area contributed by atoms with Crippen LogP contribution >= 0.6 is 11.8 Å². The number of aliphatic carboxylic acids is 1. The fraction of sp³-hybridized carbons (Fsp3) is 0.600. The molecular weight excluding hydrogens is 226 g/mol. The molecule has 5 nitrogen and oxygen atoms in total. The lowest BCUT2D eigenvalue weighted by atomic mass is 10.1. The molecule has 0 bridgehead atoms. The van der Waals surface area contributed by atoms with Gasteiger partial charge in [-0.2, -0.15) is 0 Å². The van der Waals surface area contributed by atoms with Crippen molar-refractivity contribution in [3.8, 4) is 0 Å². The summed E-state index contributed by atoms with van der Waals surface area (Å²) in [5.41, 5.74) is 5.62. The summed E-state index contributed by atoms with van der Waals surface area (Å²) in [5, 5.41) is 8.87. The summed E-state index contributed by atoms with van der Waals surface area (Å²) in [6.07, 6.45) is 3.58. The number of nitrogens with zero attached hydrogens (tertiary/aromatic N) is 2. The molecule has 0 unspecified atom stereocenters. The van der Waals surface area contributed by atoms with Crippen LogP contribution in [0.15, 0.2) is 12.4 Å². The summed E-state index contributed by atoms with van der Waals surface area (Å²) in [7, 11) is 1.91. The highest BCUT2D eigenvalue weighted by molar-refractivity contribution is 7.99. The minimum atomic E-state index is -0.975. The number of carboxylic acid groups (broad SMARTS) is 1. The molecule has 0 aliphatic rings. The zero-order chi connectivity index (χ0) is 12.3. The SMILES string of the molecule is Cn1ccnc1CSC(C)(C)[C@@H](N)C(=O)O. The fourth-order valence-corrected chi connectivity index (χ4v) is 2.23. The normalized spacial score (nSPS) is 13.8. The molecule has 1 aromatic rings. The number of aryl methyl sites for hydroxylation is 1.